The number of benzene rings is 1. The third-order valence-corrected chi connectivity index (χ3v) is 6.19. The van der Waals surface area contributed by atoms with Gasteiger partial charge >= 0.3 is 5.97 Å². The number of nitrogens with zero attached hydrogens (tertiary/aromatic N) is 1. The number of aromatic nitrogens is 1. The maximum absolute atomic E-state index is 11.3. The number of aliphatic carboxylic acids is 1. The molecule has 1 fully saturated rings. The lowest BCUT2D eigenvalue weighted by molar-refractivity contribution is -0.150. The Morgan fingerprint density at radius 3 is 2.48 bits per heavy atom. The molecule has 4 heteroatoms. The van der Waals surface area contributed by atoms with E-state index in [-0.39, 0.29) is 0 Å². The standard InChI is InChI=1S/C23H31NO3/c1-16-8-10-19(11-9-16)21-24-20(17(2)27-21)7-5-4-6-18-12-14-23(3,15-13-18)22(25)26/h8-11,18H,4-7,12-15H2,1-3H3,(H,25,26). The van der Waals surface area contributed by atoms with Crippen LogP contribution in [0.1, 0.15) is 68.9 Å². The molecule has 1 aromatic heterocycles. The van der Waals surface area contributed by atoms with Gasteiger partial charge in [-0.15, -0.1) is 0 Å². The van der Waals surface area contributed by atoms with E-state index in [1.807, 2.05) is 13.8 Å². The van der Waals surface area contributed by atoms with Crippen LogP contribution in [0.4, 0.5) is 0 Å². The zero-order valence-electron chi connectivity index (χ0n) is 16.8. The number of hydrogen-bond donors (Lipinski definition) is 1. The Morgan fingerprint density at radius 2 is 1.85 bits per heavy atom. The van der Waals surface area contributed by atoms with Gasteiger partial charge in [0.2, 0.25) is 5.89 Å². The monoisotopic (exact) mass is 369 g/mol. The minimum atomic E-state index is -0.633. The number of aryl methyl sites for hydroxylation is 3. The highest BCUT2D eigenvalue weighted by molar-refractivity contribution is 5.74. The summed E-state index contributed by atoms with van der Waals surface area (Å²) in [4.78, 5) is 16.0. The normalized spacial score (nSPS) is 22.7. The Kier molecular flexibility index (Phi) is 6.03. The number of carbonyl (C=O) groups is 1. The second-order valence-corrected chi connectivity index (χ2v) is 8.44. The van der Waals surface area contributed by atoms with Crippen molar-refractivity contribution in [2.24, 2.45) is 11.3 Å². The third-order valence-electron chi connectivity index (χ3n) is 6.19. The lowest BCUT2D eigenvalue weighted by atomic mass is 9.71. The minimum absolute atomic E-state index is 0.499. The van der Waals surface area contributed by atoms with Crippen molar-refractivity contribution in [3.63, 3.8) is 0 Å². The highest BCUT2D eigenvalue weighted by Crippen LogP contribution is 2.40. The van der Waals surface area contributed by atoms with Gasteiger partial charge in [-0.2, -0.15) is 0 Å². The van der Waals surface area contributed by atoms with Gasteiger partial charge in [-0.1, -0.05) is 30.5 Å². The summed E-state index contributed by atoms with van der Waals surface area (Å²) >= 11 is 0. The number of hydrogen-bond acceptors (Lipinski definition) is 3. The Hall–Kier alpha value is -2.10. The van der Waals surface area contributed by atoms with Crippen molar-refractivity contribution in [1.82, 2.24) is 4.98 Å². The van der Waals surface area contributed by atoms with Crippen molar-refractivity contribution in [3.05, 3.63) is 41.3 Å². The molecule has 146 valence electrons. The summed E-state index contributed by atoms with van der Waals surface area (Å²) in [6.07, 6.45) is 8.13. The lowest BCUT2D eigenvalue weighted by Gasteiger charge is -2.33. The number of unbranched alkanes of at least 4 members (excludes halogenated alkanes) is 1. The second-order valence-electron chi connectivity index (χ2n) is 8.44. The molecule has 2 aromatic rings. The van der Waals surface area contributed by atoms with Crippen LogP contribution in [-0.4, -0.2) is 16.1 Å². The summed E-state index contributed by atoms with van der Waals surface area (Å²) in [5.74, 6) is 1.67. The van der Waals surface area contributed by atoms with Gasteiger partial charge in [0.05, 0.1) is 11.1 Å². The molecule has 0 unspecified atom stereocenters. The maximum Gasteiger partial charge on any atom is 0.309 e. The van der Waals surface area contributed by atoms with Gasteiger partial charge in [-0.3, -0.25) is 4.79 Å². The maximum atomic E-state index is 11.3. The van der Waals surface area contributed by atoms with Crippen molar-refractivity contribution in [2.45, 2.75) is 72.1 Å². The van der Waals surface area contributed by atoms with Crippen molar-refractivity contribution >= 4 is 5.97 Å². The largest absolute Gasteiger partial charge is 0.481 e. The molecule has 1 aromatic carbocycles. The fraction of sp³-hybridized carbons (Fsp3) is 0.565. The van der Waals surface area contributed by atoms with Crippen LogP contribution < -0.4 is 0 Å². The van der Waals surface area contributed by atoms with Crippen LogP contribution in [-0.2, 0) is 11.2 Å². The zero-order valence-corrected chi connectivity index (χ0v) is 16.8. The molecular formula is C23H31NO3. The second kappa shape index (κ2) is 8.28. The van der Waals surface area contributed by atoms with E-state index in [9.17, 15) is 9.90 Å². The summed E-state index contributed by atoms with van der Waals surface area (Å²) in [7, 11) is 0. The summed E-state index contributed by atoms with van der Waals surface area (Å²) in [5.41, 5.74) is 2.82. The van der Waals surface area contributed by atoms with Gasteiger partial charge in [0, 0.05) is 5.56 Å². The van der Waals surface area contributed by atoms with Crippen molar-refractivity contribution < 1.29 is 14.3 Å². The molecule has 27 heavy (non-hydrogen) atoms. The quantitative estimate of drug-likeness (QED) is 0.612. The minimum Gasteiger partial charge on any atom is -0.481 e. The number of carboxylic acids is 1. The summed E-state index contributed by atoms with van der Waals surface area (Å²) in [6.45, 7) is 5.96. The average Bonchev–Trinajstić information content (AvgIpc) is 3.01. The predicted molar refractivity (Wildman–Crippen MR) is 107 cm³/mol. The Balaban J connectivity index is 1.45. The first-order valence-electron chi connectivity index (χ1n) is 10.1. The fourth-order valence-electron chi connectivity index (χ4n) is 4.02. The molecule has 0 spiro atoms. The van der Waals surface area contributed by atoms with E-state index in [4.69, 9.17) is 9.40 Å². The highest BCUT2D eigenvalue weighted by Gasteiger charge is 2.37. The predicted octanol–water partition coefficient (Wildman–Crippen LogP) is 5.95. The number of rotatable bonds is 7. The topological polar surface area (TPSA) is 63.3 Å². The molecule has 0 saturated heterocycles. The van der Waals surface area contributed by atoms with Crippen LogP contribution in [0.2, 0.25) is 0 Å². The van der Waals surface area contributed by atoms with Crippen LogP contribution in [0.25, 0.3) is 11.5 Å². The van der Waals surface area contributed by atoms with Crippen LogP contribution in [0.3, 0.4) is 0 Å². The van der Waals surface area contributed by atoms with Crippen LogP contribution in [0.5, 0.6) is 0 Å². The number of oxazole rings is 1. The van der Waals surface area contributed by atoms with Gasteiger partial charge in [0.1, 0.15) is 5.76 Å². The Labute approximate surface area is 162 Å². The summed E-state index contributed by atoms with van der Waals surface area (Å²) < 4.78 is 5.87. The van der Waals surface area contributed by atoms with E-state index < -0.39 is 11.4 Å². The smallest absolute Gasteiger partial charge is 0.309 e. The van der Waals surface area contributed by atoms with Crippen LogP contribution in [0, 0.1) is 25.2 Å². The average molecular weight is 370 g/mol. The third kappa shape index (κ3) is 4.79. The molecule has 0 bridgehead atoms. The summed E-state index contributed by atoms with van der Waals surface area (Å²) in [6, 6.07) is 8.26. The fourth-order valence-corrected chi connectivity index (χ4v) is 4.02. The highest BCUT2D eigenvalue weighted by atomic mass is 16.4. The van der Waals surface area contributed by atoms with E-state index in [1.165, 1.54) is 18.4 Å². The van der Waals surface area contributed by atoms with E-state index in [0.29, 0.717) is 11.8 Å². The molecule has 1 N–H and O–H groups in total. The summed E-state index contributed by atoms with van der Waals surface area (Å²) in [5, 5.41) is 9.33. The molecule has 1 heterocycles. The first kappa shape index (κ1) is 19.7. The Bertz CT molecular complexity index is 767. The van der Waals surface area contributed by atoms with Gasteiger partial charge in [-0.25, -0.2) is 4.98 Å². The van der Waals surface area contributed by atoms with Crippen molar-refractivity contribution in [2.75, 3.05) is 0 Å². The van der Waals surface area contributed by atoms with E-state index in [2.05, 4.69) is 31.2 Å². The molecule has 1 saturated carbocycles. The molecule has 0 aliphatic heterocycles. The lowest BCUT2D eigenvalue weighted by Crippen LogP contribution is -2.32. The zero-order chi connectivity index (χ0) is 19.4. The first-order chi connectivity index (χ1) is 12.9. The SMILES string of the molecule is Cc1ccc(-c2nc(CCCCC3CCC(C)(C(=O)O)CC3)c(C)o2)cc1. The van der Waals surface area contributed by atoms with Gasteiger partial charge in [0.25, 0.3) is 0 Å². The van der Waals surface area contributed by atoms with Gasteiger partial charge in [-0.05, 0) is 77.3 Å². The Morgan fingerprint density at radius 1 is 1.19 bits per heavy atom. The molecule has 4 nitrogen and oxygen atoms in total. The van der Waals surface area contributed by atoms with Gasteiger partial charge in [0.15, 0.2) is 0 Å². The van der Waals surface area contributed by atoms with Crippen molar-refractivity contribution in [1.29, 1.82) is 0 Å². The number of carboxylic acid groups (broad SMARTS) is 1. The molecule has 0 amide bonds. The van der Waals surface area contributed by atoms with Crippen LogP contribution in [0.15, 0.2) is 28.7 Å². The van der Waals surface area contributed by atoms with E-state index in [0.717, 1.165) is 55.5 Å². The molecule has 1 aliphatic rings. The van der Waals surface area contributed by atoms with Crippen molar-refractivity contribution in [3.8, 4) is 11.5 Å². The molecule has 0 radical (unpaired) electrons. The first-order valence-corrected chi connectivity index (χ1v) is 10.1. The van der Waals surface area contributed by atoms with E-state index in [1.54, 1.807) is 0 Å². The van der Waals surface area contributed by atoms with E-state index >= 15 is 0 Å². The molecular weight excluding hydrogens is 338 g/mol. The van der Waals surface area contributed by atoms with Gasteiger partial charge < -0.3 is 9.52 Å². The molecule has 1 aliphatic carbocycles. The molecule has 3 rings (SSSR count). The molecule has 0 atom stereocenters. The van der Waals surface area contributed by atoms with Crippen LogP contribution >= 0.6 is 0 Å².